The minimum Gasteiger partial charge on any atom is -0.367 e. The molecule has 0 N–H and O–H groups in total. The zero-order valence-electron chi connectivity index (χ0n) is 11.6. The van der Waals surface area contributed by atoms with Crippen LogP contribution < -0.4 is 4.90 Å². The molecular weight excluding hydrogens is 280 g/mol. The first kappa shape index (κ1) is 12.7. The van der Waals surface area contributed by atoms with Crippen molar-refractivity contribution in [1.82, 2.24) is 4.98 Å². The number of pyridine rings is 1. The Morgan fingerprint density at radius 2 is 1.86 bits per heavy atom. The molecule has 104 valence electrons. The summed E-state index contributed by atoms with van der Waals surface area (Å²) in [5.74, 6) is 0. The first-order chi connectivity index (χ1) is 10.3. The molecule has 4 rings (SSSR count). The summed E-state index contributed by atoms with van der Waals surface area (Å²) in [6, 6.07) is 18.8. The highest BCUT2D eigenvalue weighted by Gasteiger charge is 2.19. The van der Waals surface area contributed by atoms with Gasteiger partial charge in [-0.3, -0.25) is 0 Å². The standard InChI is InChI=1S/C18H15ClN2/c19-18-15(11-14-6-1-3-7-16(14)20-18)12-21-10-9-13-5-2-4-8-17(13)21/h1-8,11H,9-10,12H2. The third-order valence-electron chi connectivity index (χ3n) is 4.09. The van der Waals surface area contributed by atoms with Gasteiger partial charge in [0.1, 0.15) is 5.15 Å². The number of hydrogen-bond acceptors (Lipinski definition) is 2. The molecule has 0 amide bonds. The van der Waals surface area contributed by atoms with Gasteiger partial charge < -0.3 is 4.90 Å². The Bertz CT molecular complexity index is 813. The summed E-state index contributed by atoms with van der Waals surface area (Å²) >= 11 is 6.37. The molecule has 0 radical (unpaired) electrons. The van der Waals surface area contributed by atoms with Gasteiger partial charge in [-0.15, -0.1) is 0 Å². The van der Waals surface area contributed by atoms with Gasteiger partial charge in [0, 0.05) is 29.7 Å². The normalized spacial score (nSPS) is 13.7. The van der Waals surface area contributed by atoms with Crippen LogP contribution in [-0.4, -0.2) is 11.5 Å². The van der Waals surface area contributed by atoms with Crippen molar-refractivity contribution < 1.29 is 0 Å². The number of aromatic nitrogens is 1. The fourth-order valence-corrected chi connectivity index (χ4v) is 3.23. The van der Waals surface area contributed by atoms with Crippen molar-refractivity contribution in [3.05, 3.63) is 70.9 Å². The van der Waals surface area contributed by atoms with Crippen LogP contribution in [0.1, 0.15) is 11.1 Å². The average molecular weight is 295 g/mol. The Hall–Kier alpha value is -2.06. The summed E-state index contributed by atoms with van der Waals surface area (Å²) in [7, 11) is 0. The second kappa shape index (κ2) is 5.05. The molecule has 0 saturated carbocycles. The molecule has 3 aromatic rings. The van der Waals surface area contributed by atoms with Crippen LogP contribution in [0.15, 0.2) is 54.6 Å². The summed E-state index contributed by atoms with van der Waals surface area (Å²) in [5.41, 5.74) is 4.78. The van der Waals surface area contributed by atoms with Crippen LogP contribution in [0.2, 0.25) is 5.15 Å². The van der Waals surface area contributed by atoms with Gasteiger partial charge in [0.25, 0.3) is 0 Å². The van der Waals surface area contributed by atoms with Gasteiger partial charge in [-0.25, -0.2) is 4.98 Å². The maximum absolute atomic E-state index is 6.37. The van der Waals surface area contributed by atoms with E-state index in [4.69, 9.17) is 11.6 Å². The molecule has 1 aliphatic heterocycles. The van der Waals surface area contributed by atoms with Crippen molar-refractivity contribution in [3.8, 4) is 0 Å². The second-order valence-corrected chi connectivity index (χ2v) is 5.79. The summed E-state index contributed by atoms with van der Waals surface area (Å²) in [6.45, 7) is 1.86. The third kappa shape index (κ3) is 2.26. The van der Waals surface area contributed by atoms with Gasteiger partial charge in [-0.2, -0.15) is 0 Å². The summed E-state index contributed by atoms with van der Waals surface area (Å²) in [5, 5.41) is 1.75. The molecule has 2 aromatic carbocycles. The lowest BCUT2D eigenvalue weighted by Crippen LogP contribution is -2.20. The van der Waals surface area contributed by atoms with E-state index in [1.807, 2.05) is 18.2 Å². The Balaban J connectivity index is 1.70. The Labute approximate surface area is 129 Å². The van der Waals surface area contributed by atoms with E-state index in [0.717, 1.165) is 36.0 Å². The first-order valence-corrected chi connectivity index (χ1v) is 7.56. The van der Waals surface area contributed by atoms with E-state index in [9.17, 15) is 0 Å². The van der Waals surface area contributed by atoms with E-state index in [-0.39, 0.29) is 0 Å². The van der Waals surface area contributed by atoms with E-state index in [1.165, 1.54) is 11.3 Å². The van der Waals surface area contributed by atoms with Crippen LogP contribution in [0.4, 0.5) is 5.69 Å². The van der Waals surface area contributed by atoms with Crippen molar-refractivity contribution in [2.45, 2.75) is 13.0 Å². The SMILES string of the molecule is Clc1nc2ccccc2cc1CN1CCc2ccccc21. The Kier molecular flexibility index (Phi) is 3.04. The smallest absolute Gasteiger partial charge is 0.134 e. The van der Waals surface area contributed by atoms with Crippen molar-refractivity contribution >= 4 is 28.2 Å². The van der Waals surface area contributed by atoms with Gasteiger partial charge in [0.15, 0.2) is 0 Å². The maximum Gasteiger partial charge on any atom is 0.134 e. The second-order valence-electron chi connectivity index (χ2n) is 5.43. The highest BCUT2D eigenvalue weighted by Crippen LogP contribution is 2.30. The zero-order valence-corrected chi connectivity index (χ0v) is 12.3. The number of hydrogen-bond donors (Lipinski definition) is 0. The lowest BCUT2D eigenvalue weighted by Gasteiger charge is -2.20. The van der Waals surface area contributed by atoms with Crippen molar-refractivity contribution in [2.75, 3.05) is 11.4 Å². The van der Waals surface area contributed by atoms with Crippen LogP contribution in [0.5, 0.6) is 0 Å². The quantitative estimate of drug-likeness (QED) is 0.649. The van der Waals surface area contributed by atoms with Crippen LogP contribution in [0.25, 0.3) is 10.9 Å². The minimum atomic E-state index is 0.609. The van der Waals surface area contributed by atoms with E-state index >= 15 is 0 Å². The average Bonchev–Trinajstić information content (AvgIpc) is 2.91. The number of anilines is 1. The molecule has 0 bridgehead atoms. The van der Waals surface area contributed by atoms with Crippen molar-refractivity contribution in [2.24, 2.45) is 0 Å². The monoisotopic (exact) mass is 294 g/mol. The molecule has 0 unspecified atom stereocenters. The first-order valence-electron chi connectivity index (χ1n) is 7.18. The Morgan fingerprint density at radius 3 is 2.81 bits per heavy atom. The fraction of sp³-hybridized carbons (Fsp3) is 0.167. The molecule has 0 atom stereocenters. The number of halogens is 1. The molecule has 0 aliphatic carbocycles. The van der Waals surface area contributed by atoms with E-state index in [1.54, 1.807) is 0 Å². The van der Waals surface area contributed by atoms with Gasteiger partial charge in [0.2, 0.25) is 0 Å². The maximum atomic E-state index is 6.37. The molecule has 2 nitrogen and oxygen atoms in total. The number of fused-ring (bicyclic) bond motifs is 2. The number of nitrogens with zero attached hydrogens (tertiary/aromatic N) is 2. The molecule has 2 heterocycles. The van der Waals surface area contributed by atoms with Crippen LogP contribution in [-0.2, 0) is 13.0 Å². The number of rotatable bonds is 2. The van der Waals surface area contributed by atoms with Crippen molar-refractivity contribution in [3.63, 3.8) is 0 Å². The summed E-state index contributed by atoms with van der Waals surface area (Å²) in [6.07, 6.45) is 1.11. The molecule has 0 spiro atoms. The largest absolute Gasteiger partial charge is 0.367 e. The molecule has 0 saturated heterocycles. The predicted octanol–water partition coefficient (Wildman–Crippen LogP) is 4.45. The van der Waals surface area contributed by atoms with Crippen LogP contribution >= 0.6 is 11.6 Å². The molecule has 0 fully saturated rings. The van der Waals surface area contributed by atoms with E-state index in [0.29, 0.717) is 5.15 Å². The lowest BCUT2D eigenvalue weighted by atomic mass is 10.1. The van der Waals surface area contributed by atoms with Crippen LogP contribution in [0.3, 0.4) is 0 Å². The predicted molar refractivity (Wildman–Crippen MR) is 87.9 cm³/mol. The molecule has 1 aromatic heterocycles. The number of benzene rings is 2. The molecule has 21 heavy (non-hydrogen) atoms. The summed E-state index contributed by atoms with van der Waals surface area (Å²) < 4.78 is 0. The van der Waals surface area contributed by atoms with E-state index < -0.39 is 0 Å². The summed E-state index contributed by atoms with van der Waals surface area (Å²) in [4.78, 5) is 6.89. The molecule has 1 aliphatic rings. The van der Waals surface area contributed by atoms with E-state index in [2.05, 4.69) is 46.3 Å². The zero-order chi connectivity index (χ0) is 14.2. The van der Waals surface area contributed by atoms with Gasteiger partial charge in [0.05, 0.1) is 5.52 Å². The van der Waals surface area contributed by atoms with Gasteiger partial charge in [-0.1, -0.05) is 48.0 Å². The molecule has 3 heteroatoms. The molecular formula is C18H15ClN2. The topological polar surface area (TPSA) is 16.1 Å². The highest BCUT2D eigenvalue weighted by atomic mass is 35.5. The van der Waals surface area contributed by atoms with Gasteiger partial charge >= 0.3 is 0 Å². The highest BCUT2D eigenvalue weighted by molar-refractivity contribution is 6.30. The van der Waals surface area contributed by atoms with Crippen LogP contribution in [0, 0.1) is 0 Å². The Morgan fingerprint density at radius 1 is 1.05 bits per heavy atom. The minimum absolute atomic E-state index is 0.609. The third-order valence-corrected chi connectivity index (χ3v) is 4.42. The van der Waals surface area contributed by atoms with Gasteiger partial charge in [-0.05, 0) is 30.2 Å². The van der Waals surface area contributed by atoms with Crippen molar-refractivity contribution in [1.29, 1.82) is 0 Å². The lowest BCUT2D eigenvalue weighted by molar-refractivity contribution is 0.834. The number of para-hydroxylation sites is 2. The fourth-order valence-electron chi connectivity index (χ4n) is 3.02.